The van der Waals surface area contributed by atoms with Crippen LogP contribution in [0.3, 0.4) is 0 Å². The molecule has 1 amide bonds. The summed E-state index contributed by atoms with van der Waals surface area (Å²) in [5.41, 5.74) is 8.69. The molecule has 8 heteroatoms. The van der Waals surface area contributed by atoms with Gasteiger partial charge in [-0.2, -0.15) is 0 Å². The molecule has 2 N–H and O–H groups in total. The highest BCUT2D eigenvalue weighted by Gasteiger charge is 2.18. The van der Waals surface area contributed by atoms with Crippen molar-refractivity contribution in [3.8, 4) is 23.1 Å². The van der Waals surface area contributed by atoms with Gasteiger partial charge in [0.25, 0.3) is 5.91 Å². The highest BCUT2D eigenvalue weighted by Crippen LogP contribution is 2.25. The second-order valence-corrected chi connectivity index (χ2v) is 7.39. The van der Waals surface area contributed by atoms with E-state index in [-0.39, 0.29) is 11.5 Å². The van der Waals surface area contributed by atoms with Crippen LogP contribution < -0.4 is 5.73 Å². The van der Waals surface area contributed by atoms with E-state index in [1.807, 2.05) is 6.92 Å². The lowest BCUT2D eigenvalue weighted by Gasteiger charge is -2.17. The van der Waals surface area contributed by atoms with Crippen LogP contribution in [0.2, 0.25) is 0 Å². The van der Waals surface area contributed by atoms with Crippen LogP contribution in [-0.4, -0.2) is 53.1 Å². The van der Waals surface area contributed by atoms with E-state index in [1.54, 1.807) is 38.6 Å². The standard InChI is InChI=1S/C25H26FN5O2/c1-4-22-20(9-6-17-7-11-23(27)28-15-17)24(30-16-29-22)18-8-10-19(21(26)14-18)25(32)31(2)12-5-13-33-3/h7-8,10-11,14-16H,4-5,12-13H2,1-3H3,(H2,27,28). The number of carbonyl (C=O) groups excluding carboxylic acids is 1. The zero-order chi connectivity index (χ0) is 23.8. The smallest absolute Gasteiger partial charge is 0.256 e. The van der Waals surface area contributed by atoms with Crippen LogP contribution in [0.5, 0.6) is 0 Å². The van der Waals surface area contributed by atoms with Crippen molar-refractivity contribution in [2.24, 2.45) is 0 Å². The molecule has 7 nitrogen and oxygen atoms in total. The Labute approximate surface area is 192 Å². The third kappa shape index (κ3) is 5.90. The Morgan fingerprint density at radius 1 is 1.18 bits per heavy atom. The van der Waals surface area contributed by atoms with E-state index < -0.39 is 5.82 Å². The first-order valence-electron chi connectivity index (χ1n) is 10.6. The number of nitrogens with two attached hydrogens (primary N) is 1. The third-order valence-corrected chi connectivity index (χ3v) is 5.04. The number of aromatic nitrogens is 3. The molecule has 2 aromatic heterocycles. The summed E-state index contributed by atoms with van der Waals surface area (Å²) < 4.78 is 20.0. The second-order valence-electron chi connectivity index (χ2n) is 7.39. The molecular formula is C25H26FN5O2. The first-order valence-corrected chi connectivity index (χ1v) is 10.6. The van der Waals surface area contributed by atoms with Crippen molar-refractivity contribution in [1.29, 1.82) is 0 Å². The first-order chi connectivity index (χ1) is 15.9. The molecule has 0 bridgehead atoms. The van der Waals surface area contributed by atoms with Gasteiger partial charge in [-0.05, 0) is 37.1 Å². The number of methoxy groups -OCH3 is 1. The minimum absolute atomic E-state index is 0.00372. The van der Waals surface area contributed by atoms with Crippen molar-refractivity contribution in [3.63, 3.8) is 0 Å². The molecule has 2 heterocycles. The summed E-state index contributed by atoms with van der Waals surface area (Å²) >= 11 is 0. The molecule has 0 saturated carbocycles. The summed E-state index contributed by atoms with van der Waals surface area (Å²) in [6.45, 7) is 2.96. The summed E-state index contributed by atoms with van der Waals surface area (Å²) in [5.74, 6) is 5.56. The monoisotopic (exact) mass is 447 g/mol. The van der Waals surface area contributed by atoms with Gasteiger partial charge in [0, 0.05) is 44.6 Å². The van der Waals surface area contributed by atoms with Crippen molar-refractivity contribution in [3.05, 3.63) is 71.1 Å². The van der Waals surface area contributed by atoms with Crippen LogP contribution in [0.15, 0.2) is 42.9 Å². The fourth-order valence-corrected chi connectivity index (χ4v) is 3.24. The van der Waals surface area contributed by atoms with E-state index in [4.69, 9.17) is 10.5 Å². The molecule has 0 aliphatic rings. The SMILES string of the molecule is CCc1ncnc(-c2ccc(C(=O)N(C)CCCOC)c(F)c2)c1C#Cc1ccc(N)nc1. The van der Waals surface area contributed by atoms with E-state index in [0.717, 1.165) is 5.69 Å². The van der Waals surface area contributed by atoms with E-state index in [2.05, 4.69) is 26.8 Å². The Morgan fingerprint density at radius 3 is 2.67 bits per heavy atom. The average molecular weight is 448 g/mol. The Balaban J connectivity index is 1.94. The summed E-state index contributed by atoms with van der Waals surface area (Å²) in [6.07, 6.45) is 4.32. The van der Waals surface area contributed by atoms with Gasteiger partial charge in [-0.15, -0.1) is 0 Å². The summed E-state index contributed by atoms with van der Waals surface area (Å²) in [6, 6.07) is 7.91. The van der Waals surface area contributed by atoms with Gasteiger partial charge in [-0.1, -0.05) is 24.8 Å². The second kappa shape index (κ2) is 11.2. The molecule has 0 aliphatic heterocycles. The lowest BCUT2D eigenvalue weighted by Crippen LogP contribution is -2.29. The largest absolute Gasteiger partial charge is 0.385 e. The highest BCUT2D eigenvalue weighted by atomic mass is 19.1. The topological polar surface area (TPSA) is 94.2 Å². The van der Waals surface area contributed by atoms with Gasteiger partial charge in [0.1, 0.15) is 18.0 Å². The number of rotatable bonds is 7. The van der Waals surface area contributed by atoms with Crippen molar-refractivity contribution in [2.75, 3.05) is 33.0 Å². The number of amides is 1. The number of halogens is 1. The van der Waals surface area contributed by atoms with Crippen molar-refractivity contribution in [1.82, 2.24) is 19.9 Å². The molecule has 0 fully saturated rings. The normalized spacial score (nSPS) is 10.4. The van der Waals surface area contributed by atoms with Crippen molar-refractivity contribution < 1.29 is 13.9 Å². The molecule has 3 rings (SSSR count). The fraction of sp³-hybridized carbons (Fsp3) is 0.280. The zero-order valence-corrected chi connectivity index (χ0v) is 18.9. The molecule has 0 radical (unpaired) electrons. The minimum atomic E-state index is -0.616. The Kier molecular flexibility index (Phi) is 8.06. The maximum atomic E-state index is 15.0. The van der Waals surface area contributed by atoms with Gasteiger partial charge in [0.2, 0.25) is 0 Å². The molecule has 3 aromatic rings. The number of hydrogen-bond donors (Lipinski definition) is 1. The Bertz CT molecular complexity index is 1190. The summed E-state index contributed by atoms with van der Waals surface area (Å²) in [5, 5.41) is 0. The third-order valence-electron chi connectivity index (χ3n) is 5.04. The average Bonchev–Trinajstić information content (AvgIpc) is 2.83. The maximum absolute atomic E-state index is 15.0. The van der Waals surface area contributed by atoms with Crippen LogP contribution in [0.25, 0.3) is 11.3 Å². The predicted octanol–water partition coefficient (Wildman–Crippen LogP) is 3.33. The molecule has 0 spiro atoms. The fourth-order valence-electron chi connectivity index (χ4n) is 3.24. The lowest BCUT2D eigenvalue weighted by molar-refractivity contribution is 0.0775. The molecule has 0 aliphatic carbocycles. The number of nitrogen functional groups attached to an aromatic ring is 1. The molecular weight excluding hydrogens is 421 g/mol. The van der Waals surface area contributed by atoms with Crippen molar-refractivity contribution >= 4 is 11.7 Å². The van der Waals surface area contributed by atoms with E-state index >= 15 is 0 Å². The highest BCUT2D eigenvalue weighted by molar-refractivity contribution is 5.95. The van der Waals surface area contributed by atoms with Crippen LogP contribution in [0.4, 0.5) is 10.2 Å². The molecule has 0 saturated heterocycles. The zero-order valence-electron chi connectivity index (χ0n) is 18.9. The van der Waals surface area contributed by atoms with Gasteiger partial charge in [0.05, 0.1) is 22.5 Å². The van der Waals surface area contributed by atoms with E-state index in [1.165, 1.54) is 23.4 Å². The number of aryl methyl sites for hydroxylation is 1. The van der Waals surface area contributed by atoms with E-state index in [0.29, 0.717) is 54.2 Å². The number of benzene rings is 1. The first kappa shape index (κ1) is 23.8. The van der Waals surface area contributed by atoms with Crippen LogP contribution in [-0.2, 0) is 11.2 Å². The Morgan fingerprint density at radius 2 is 2.00 bits per heavy atom. The molecule has 0 atom stereocenters. The molecule has 0 unspecified atom stereocenters. The molecule has 170 valence electrons. The number of ether oxygens (including phenoxy) is 1. The molecule has 33 heavy (non-hydrogen) atoms. The summed E-state index contributed by atoms with van der Waals surface area (Å²) in [4.78, 5) is 26.8. The number of anilines is 1. The number of carbonyl (C=O) groups is 1. The van der Waals surface area contributed by atoms with E-state index in [9.17, 15) is 9.18 Å². The molecule has 1 aromatic carbocycles. The van der Waals surface area contributed by atoms with Gasteiger partial charge in [0.15, 0.2) is 0 Å². The number of pyridine rings is 1. The Hall–Kier alpha value is -3.83. The predicted molar refractivity (Wildman–Crippen MR) is 125 cm³/mol. The van der Waals surface area contributed by atoms with Gasteiger partial charge in [-0.3, -0.25) is 4.79 Å². The lowest BCUT2D eigenvalue weighted by atomic mass is 10.0. The maximum Gasteiger partial charge on any atom is 0.256 e. The summed E-state index contributed by atoms with van der Waals surface area (Å²) in [7, 11) is 3.24. The van der Waals surface area contributed by atoms with Crippen LogP contribution >= 0.6 is 0 Å². The van der Waals surface area contributed by atoms with Gasteiger partial charge >= 0.3 is 0 Å². The van der Waals surface area contributed by atoms with Gasteiger partial charge < -0.3 is 15.4 Å². The number of hydrogen-bond acceptors (Lipinski definition) is 6. The van der Waals surface area contributed by atoms with Crippen molar-refractivity contribution in [2.45, 2.75) is 19.8 Å². The van der Waals surface area contributed by atoms with Crippen LogP contribution in [0, 0.1) is 17.7 Å². The van der Waals surface area contributed by atoms with Crippen LogP contribution in [0.1, 0.15) is 40.5 Å². The van der Waals surface area contributed by atoms with Gasteiger partial charge in [-0.25, -0.2) is 19.3 Å². The minimum Gasteiger partial charge on any atom is -0.385 e. The number of nitrogens with zero attached hydrogens (tertiary/aromatic N) is 4. The quantitative estimate of drug-likeness (QED) is 0.441.